The molecule has 3 aromatic rings. The Labute approximate surface area is 126 Å². The maximum absolute atomic E-state index is 14.7. The number of rotatable bonds is 0. The Morgan fingerprint density at radius 2 is 1.95 bits per heavy atom. The van der Waals surface area contributed by atoms with Gasteiger partial charge in [-0.25, -0.2) is 13.6 Å². The van der Waals surface area contributed by atoms with E-state index in [4.69, 9.17) is 4.42 Å². The van der Waals surface area contributed by atoms with Gasteiger partial charge >= 0.3 is 5.63 Å². The predicted molar refractivity (Wildman–Crippen MR) is 77.9 cm³/mol. The number of para-hydroxylation sites is 1. The van der Waals surface area contributed by atoms with E-state index in [-0.39, 0.29) is 10.6 Å². The molecule has 1 aromatic heterocycles. The highest BCUT2D eigenvalue weighted by Crippen LogP contribution is 2.49. The number of hydrogen-bond donors (Lipinski definition) is 2. The molecule has 0 saturated carbocycles. The van der Waals surface area contributed by atoms with Gasteiger partial charge in [0.05, 0.1) is 22.3 Å². The van der Waals surface area contributed by atoms with Crippen LogP contribution in [-0.2, 0) is 0 Å². The molecule has 0 spiro atoms. The van der Waals surface area contributed by atoms with Gasteiger partial charge in [0.15, 0.2) is 17.2 Å². The summed E-state index contributed by atoms with van der Waals surface area (Å²) in [6.45, 7) is 0. The van der Waals surface area contributed by atoms with Crippen LogP contribution < -0.4 is 10.9 Å². The molecule has 0 amide bonds. The molecule has 22 heavy (non-hydrogen) atoms. The van der Waals surface area contributed by atoms with Crippen LogP contribution in [0.1, 0.15) is 0 Å². The zero-order chi connectivity index (χ0) is 15.4. The fraction of sp³-hybridized carbons (Fsp3) is 0. The van der Waals surface area contributed by atoms with Gasteiger partial charge in [0.25, 0.3) is 0 Å². The molecule has 1 aliphatic rings. The number of benzene rings is 2. The SMILES string of the molecule is O=c1cc(O)c2c(F)c3c(c(F)c2o1)Sc1ccccc1N3. The molecule has 4 rings (SSSR count). The third kappa shape index (κ3) is 1.72. The van der Waals surface area contributed by atoms with Crippen LogP contribution in [-0.4, -0.2) is 5.11 Å². The zero-order valence-electron chi connectivity index (χ0n) is 10.8. The average molecular weight is 319 g/mol. The summed E-state index contributed by atoms with van der Waals surface area (Å²) in [5.41, 5.74) is -0.986. The maximum Gasteiger partial charge on any atom is 0.340 e. The Hall–Kier alpha value is -2.54. The van der Waals surface area contributed by atoms with Crippen molar-refractivity contribution in [3.05, 3.63) is 52.4 Å². The minimum atomic E-state index is -0.947. The van der Waals surface area contributed by atoms with Gasteiger partial charge in [-0.1, -0.05) is 23.9 Å². The van der Waals surface area contributed by atoms with Crippen molar-refractivity contribution < 1.29 is 18.3 Å². The van der Waals surface area contributed by atoms with Crippen molar-refractivity contribution in [1.82, 2.24) is 0 Å². The number of halogens is 2. The molecule has 0 atom stereocenters. The van der Waals surface area contributed by atoms with Crippen molar-refractivity contribution in [3.8, 4) is 5.75 Å². The van der Waals surface area contributed by atoms with Crippen LogP contribution in [0, 0.1) is 11.6 Å². The van der Waals surface area contributed by atoms with E-state index in [0.29, 0.717) is 11.8 Å². The second-order valence-corrected chi connectivity index (χ2v) is 5.76. The first-order chi connectivity index (χ1) is 10.6. The first kappa shape index (κ1) is 13.1. The van der Waals surface area contributed by atoms with Crippen LogP contribution in [0.2, 0.25) is 0 Å². The van der Waals surface area contributed by atoms with Crippen LogP contribution in [0.5, 0.6) is 5.75 Å². The van der Waals surface area contributed by atoms with Crippen LogP contribution in [0.4, 0.5) is 20.2 Å². The van der Waals surface area contributed by atoms with E-state index < -0.39 is 34.0 Å². The summed E-state index contributed by atoms with van der Waals surface area (Å²) in [5.74, 6) is -2.41. The third-order valence-corrected chi connectivity index (χ3v) is 4.53. The maximum atomic E-state index is 14.7. The molecule has 0 radical (unpaired) electrons. The summed E-state index contributed by atoms with van der Waals surface area (Å²) in [5, 5.41) is 12.1. The summed E-state index contributed by atoms with van der Waals surface area (Å²) >= 11 is 1.03. The van der Waals surface area contributed by atoms with Gasteiger partial charge in [0.2, 0.25) is 0 Å². The monoisotopic (exact) mass is 319 g/mol. The van der Waals surface area contributed by atoms with E-state index in [0.717, 1.165) is 16.7 Å². The summed E-state index contributed by atoms with van der Waals surface area (Å²) in [6, 6.07) is 7.75. The second-order valence-electron chi connectivity index (χ2n) is 4.71. The Balaban J connectivity index is 2.10. The molecule has 0 fully saturated rings. The second kappa shape index (κ2) is 4.48. The predicted octanol–water partition coefficient (Wildman–Crippen LogP) is 3.99. The molecule has 2 N–H and O–H groups in total. The lowest BCUT2D eigenvalue weighted by Crippen LogP contribution is -2.07. The Morgan fingerprint density at radius 3 is 2.77 bits per heavy atom. The van der Waals surface area contributed by atoms with Crippen molar-refractivity contribution in [3.63, 3.8) is 0 Å². The van der Waals surface area contributed by atoms with E-state index in [9.17, 15) is 18.7 Å². The fourth-order valence-corrected chi connectivity index (χ4v) is 3.42. The first-order valence-electron chi connectivity index (χ1n) is 6.28. The Morgan fingerprint density at radius 1 is 1.18 bits per heavy atom. The van der Waals surface area contributed by atoms with Gasteiger partial charge in [-0.2, -0.15) is 0 Å². The smallest absolute Gasteiger partial charge is 0.340 e. The van der Waals surface area contributed by atoms with Crippen molar-refractivity contribution in [2.24, 2.45) is 0 Å². The van der Waals surface area contributed by atoms with E-state index in [2.05, 4.69) is 5.32 Å². The summed E-state index contributed by atoms with van der Waals surface area (Å²) < 4.78 is 34.0. The van der Waals surface area contributed by atoms with Crippen molar-refractivity contribution in [2.75, 3.05) is 5.32 Å². The lowest BCUT2D eigenvalue weighted by atomic mass is 10.1. The lowest BCUT2D eigenvalue weighted by molar-refractivity contribution is 0.456. The minimum Gasteiger partial charge on any atom is -0.507 e. The molecule has 2 heterocycles. The van der Waals surface area contributed by atoms with Crippen LogP contribution in [0.15, 0.2) is 49.3 Å². The number of anilines is 2. The Bertz CT molecular complexity index is 1000. The molecule has 0 bridgehead atoms. The third-order valence-electron chi connectivity index (χ3n) is 3.36. The normalized spacial score (nSPS) is 12.6. The van der Waals surface area contributed by atoms with Crippen LogP contribution >= 0.6 is 11.8 Å². The van der Waals surface area contributed by atoms with Crippen molar-refractivity contribution in [2.45, 2.75) is 9.79 Å². The van der Waals surface area contributed by atoms with Gasteiger partial charge in [0.1, 0.15) is 11.1 Å². The molecular formula is C15H7F2NO3S. The van der Waals surface area contributed by atoms with Gasteiger partial charge < -0.3 is 14.8 Å². The molecule has 2 aromatic carbocycles. The minimum absolute atomic E-state index is 0.0163. The van der Waals surface area contributed by atoms with Crippen LogP contribution in [0.3, 0.4) is 0 Å². The highest BCUT2D eigenvalue weighted by molar-refractivity contribution is 7.99. The topological polar surface area (TPSA) is 62.5 Å². The van der Waals surface area contributed by atoms with Crippen molar-refractivity contribution >= 4 is 34.1 Å². The fourth-order valence-electron chi connectivity index (χ4n) is 2.40. The Kier molecular flexibility index (Phi) is 2.67. The average Bonchev–Trinajstić information content (AvgIpc) is 2.50. The van der Waals surface area contributed by atoms with Crippen molar-refractivity contribution in [1.29, 1.82) is 0 Å². The molecule has 0 aliphatic carbocycles. The summed E-state index contributed by atoms with van der Waals surface area (Å²) in [7, 11) is 0. The summed E-state index contributed by atoms with van der Waals surface area (Å²) in [4.78, 5) is 12.0. The van der Waals surface area contributed by atoms with Gasteiger partial charge in [-0.3, -0.25) is 0 Å². The quantitative estimate of drug-likeness (QED) is 0.480. The molecule has 0 unspecified atom stereocenters. The number of aromatic hydroxyl groups is 1. The van der Waals surface area contributed by atoms with E-state index in [1.54, 1.807) is 24.3 Å². The van der Waals surface area contributed by atoms with Crippen LogP contribution in [0.25, 0.3) is 11.0 Å². The summed E-state index contributed by atoms with van der Waals surface area (Å²) in [6.07, 6.45) is 0. The van der Waals surface area contributed by atoms with E-state index in [1.807, 2.05) is 0 Å². The number of hydrogen-bond acceptors (Lipinski definition) is 5. The standard InChI is InChI=1S/C15H7F2NO3S/c16-11-10-7(19)5-9(20)21-14(10)12(17)15-13(11)18-6-3-1-2-4-8(6)22-15/h1-5,18-19H. The molecule has 110 valence electrons. The highest BCUT2D eigenvalue weighted by Gasteiger charge is 2.28. The van der Waals surface area contributed by atoms with E-state index >= 15 is 0 Å². The van der Waals surface area contributed by atoms with Gasteiger partial charge in [-0.15, -0.1) is 0 Å². The highest BCUT2D eigenvalue weighted by atomic mass is 32.2. The molecule has 7 heteroatoms. The zero-order valence-corrected chi connectivity index (χ0v) is 11.6. The molecular weight excluding hydrogens is 312 g/mol. The molecule has 4 nitrogen and oxygen atoms in total. The lowest BCUT2D eigenvalue weighted by Gasteiger charge is -2.22. The van der Waals surface area contributed by atoms with Gasteiger partial charge in [0, 0.05) is 4.90 Å². The molecule has 1 aliphatic heterocycles. The number of nitrogens with one attached hydrogen (secondary N) is 1. The van der Waals surface area contributed by atoms with E-state index in [1.165, 1.54) is 0 Å². The molecule has 0 saturated heterocycles. The largest absolute Gasteiger partial charge is 0.507 e. The number of fused-ring (bicyclic) bond motifs is 3. The first-order valence-corrected chi connectivity index (χ1v) is 7.09. The van der Waals surface area contributed by atoms with Gasteiger partial charge in [-0.05, 0) is 12.1 Å².